The van der Waals surface area contributed by atoms with E-state index in [1.54, 1.807) is 0 Å². The Morgan fingerprint density at radius 1 is 1.17 bits per heavy atom. The van der Waals surface area contributed by atoms with Crippen LogP contribution in [0, 0.1) is 0 Å². The van der Waals surface area contributed by atoms with Gasteiger partial charge < -0.3 is 5.73 Å². The Morgan fingerprint density at radius 2 is 1.75 bits per heavy atom. The Labute approximate surface area is 84.2 Å². The van der Waals surface area contributed by atoms with Gasteiger partial charge in [-0.15, -0.1) is 0 Å². The zero-order valence-electron chi connectivity index (χ0n) is 5.77. The van der Waals surface area contributed by atoms with Crippen molar-refractivity contribution in [1.29, 1.82) is 0 Å². The van der Waals surface area contributed by atoms with E-state index in [0.717, 1.165) is 0 Å². The second-order valence-corrected chi connectivity index (χ2v) is 3.25. The molecule has 0 aliphatic rings. The van der Waals surface area contributed by atoms with Crippen LogP contribution in [0.15, 0.2) is 12.1 Å². The molecule has 0 unspecified atom stereocenters. The van der Waals surface area contributed by atoms with Crippen LogP contribution in [-0.4, -0.2) is 5.91 Å². The smallest absolute Gasteiger partial charge is 0.250 e. The summed E-state index contributed by atoms with van der Waals surface area (Å²) in [4.78, 5) is 10.7. The summed E-state index contributed by atoms with van der Waals surface area (Å²) in [5.74, 6) is -0.626. The third-order valence-corrected chi connectivity index (χ3v) is 2.59. The van der Waals surface area contributed by atoms with Gasteiger partial charge in [0.25, 0.3) is 0 Å². The van der Waals surface area contributed by atoms with Gasteiger partial charge >= 0.3 is 0 Å². The molecule has 12 heavy (non-hydrogen) atoms. The zero-order chi connectivity index (χ0) is 9.30. The van der Waals surface area contributed by atoms with Gasteiger partial charge in [-0.1, -0.05) is 34.8 Å². The summed E-state index contributed by atoms with van der Waals surface area (Å²) in [7, 11) is 0. The Hall–Kier alpha value is -0.440. The molecule has 0 spiro atoms. The highest BCUT2D eigenvalue weighted by Crippen LogP contribution is 2.32. The highest BCUT2D eigenvalue weighted by molar-refractivity contribution is 6.49. The Kier molecular flexibility index (Phi) is 2.83. The van der Waals surface area contributed by atoms with Crippen molar-refractivity contribution in [2.45, 2.75) is 0 Å². The molecule has 2 N–H and O–H groups in total. The fourth-order valence-corrected chi connectivity index (χ4v) is 1.34. The second kappa shape index (κ2) is 3.52. The highest BCUT2D eigenvalue weighted by Gasteiger charge is 2.11. The van der Waals surface area contributed by atoms with Crippen molar-refractivity contribution in [3.63, 3.8) is 0 Å². The van der Waals surface area contributed by atoms with Gasteiger partial charge in [-0.2, -0.15) is 0 Å². The van der Waals surface area contributed by atoms with Crippen LogP contribution in [0.5, 0.6) is 0 Å². The minimum Gasteiger partial charge on any atom is -0.366 e. The predicted octanol–water partition coefficient (Wildman–Crippen LogP) is 2.75. The van der Waals surface area contributed by atoms with Crippen LogP contribution in [0.1, 0.15) is 10.4 Å². The molecule has 0 saturated heterocycles. The second-order valence-electron chi connectivity index (χ2n) is 2.09. The van der Waals surface area contributed by atoms with Gasteiger partial charge in [0.2, 0.25) is 5.91 Å². The van der Waals surface area contributed by atoms with Crippen LogP contribution in [-0.2, 0) is 0 Å². The molecule has 0 radical (unpaired) electrons. The number of rotatable bonds is 1. The van der Waals surface area contributed by atoms with Gasteiger partial charge in [0.15, 0.2) is 0 Å². The van der Waals surface area contributed by atoms with E-state index in [2.05, 4.69) is 0 Å². The van der Waals surface area contributed by atoms with E-state index in [9.17, 15) is 4.79 Å². The summed E-state index contributed by atoms with van der Waals surface area (Å²) in [6.07, 6.45) is 0. The van der Waals surface area contributed by atoms with Crippen LogP contribution >= 0.6 is 34.8 Å². The molecule has 0 aliphatic carbocycles. The lowest BCUT2D eigenvalue weighted by Crippen LogP contribution is -2.11. The minimum atomic E-state index is -0.626. The molecule has 1 rings (SSSR count). The van der Waals surface area contributed by atoms with E-state index in [-0.39, 0.29) is 15.6 Å². The summed E-state index contributed by atoms with van der Waals surface area (Å²) in [6.45, 7) is 0. The number of hydrogen-bond acceptors (Lipinski definition) is 1. The van der Waals surface area contributed by atoms with Crippen molar-refractivity contribution in [2.24, 2.45) is 5.73 Å². The molecule has 0 bridgehead atoms. The molecule has 0 fully saturated rings. The van der Waals surface area contributed by atoms with Gasteiger partial charge in [-0.05, 0) is 12.1 Å². The van der Waals surface area contributed by atoms with E-state index >= 15 is 0 Å². The third kappa shape index (κ3) is 1.66. The molecule has 0 atom stereocenters. The molecular formula is C7H4Cl3NO. The maximum Gasteiger partial charge on any atom is 0.250 e. The van der Waals surface area contributed by atoms with Gasteiger partial charge in [-0.25, -0.2) is 0 Å². The first-order valence-electron chi connectivity index (χ1n) is 2.97. The fourth-order valence-electron chi connectivity index (χ4n) is 0.716. The Balaban J connectivity index is 3.36. The van der Waals surface area contributed by atoms with Crippen LogP contribution in [0.25, 0.3) is 0 Å². The first-order valence-corrected chi connectivity index (χ1v) is 4.10. The number of benzene rings is 1. The number of carbonyl (C=O) groups is 1. The summed E-state index contributed by atoms with van der Waals surface area (Å²) >= 11 is 17.0. The summed E-state index contributed by atoms with van der Waals surface area (Å²) in [5.41, 5.74) is 5.18. The summed E-state index contributed by atoms with van der Waals surface area (Å²) < 4.78 is 0. The number of amides is 1. The van der Waals surface area contributed by atoms with E-state index < -0.39 is 5.91 Å². The molecule has 0 aliphatic heterocycles. The number of carbonyl (C=O) groups excluding carboxylic acids is 1. The monoisotopic (exact) mass is 223 g/mol. The zero-order valence-corrected chi connectivity index (χ0v) is 8.04. The molecule has 1 aromatic carbocycles. The average Bonchev–Trinajstić information content (AvgIpc) is 2.00. The average molecular weight is 224 g/mol. The fraction of sp³-hybridized carbons (Fsp3) is 0. The molecule has 0 aromatic heterocycles. The first kappa shape index (κ1) is 9.65. The maximum absolute atomic E-state index is 10.7. The summed E-state index contributed by atoms with van der Waals surface area (Å²) in [6, 6.07) is 2.90. The predicted molar refractivity (Wildman–Crippen MR) is 50.0 cm³/mol. The van der Waals surface area contributed by atoms with Crippen LogP contribution in [0.2, 0.25) is 15.1 Å². The molecule has 5 heteroatoms. The standard InChI is InChI=1S/C7H4Cl3NO/c8-4-2-1-3(7(11)12)5(9)6(4)10/h1-2H,(H2,11,12). The van der Waals surface area contributed by atoms with E-state index in [4.69, 9.17) is 40.5 Å². The van der Waals surface area contributed by atoms with Gasteiger partial charge in [0.1, 0.15) is 0 Å². The molecule has 2 nitrogen and oxygen atoms in total. The SMILES string of the molecule is NC(=O)c1ccc(Cl)c(Cl)c1Cl. The summed E-state index contributed by atoms with van der Waals surface area (Å²) in [5, 5.41) is 0.540. The van der Waals surface area contributed by atoms with Crippen molar-refractivity contribution in [2.75, 3.05) is 0 Å². The molecule has 1 amide bonds. The Morgan fingerprint density at radius 3 is 2.25 bits per heavy atom. The molecule has 1 aromatic rings. The van der Waals surface area contributed by atoms with Crippen molar-refractivity contribution in [3.05, 3.63) is 32.8 Å². The van der Waals surface area contributed by atoms with Gasteiger partial charge in [0, 0.05) is 0 Å². The topological polar surface area (TPSA) is 43.1 Å². The number of primary amides is 1. The molecule has 0 heterocycles. The van der Waals surface area contributed by atoms with E-state index in [1.807, 2.05) is 0 Å². The van der Waals surface area contributed by atoms with Crippen molar-refractivity contribution in [1.82, 2.24) is 0 Å². The third-order valence-electron chi connectivity index (χ3n) is 1.30. The van der Waals surface area contributed by atoms with Gasteiger partial charge in [0.05, 0.1) is 20.6 Å². The maximum atomic E-state index is 10.7. The largest absolute Gasteiger partial charge is 0.366 e. The molecular weight excluding hydrogens is 220 g/mol. The van der Waals surface area contributed by atoms with Crippen molar-refractivity contribution in [3.8, 4) is 0 Å². The normalized spacial score (nSPS) is 9.92. The minimum absolute atomic E-state index is 0.0941. The van der Waals surface area contributed by atoms with E-state index in [0.29, 0.717) is 5.02 Å². The van der Waals surface area contributed by atoms with Crippen LogP contribution in [0.4, 0.5) is 0 Å². The van der Waals surface area contributed by atoms with Gasteiger partial charge in [-0.3, -0.25) is 4.79 Å². The molecule has 64 valence electrons. The van der Waals surface area contributed by atoms with Crippen LogP contribution < -0.4 is 5.73 Å². The lowest BCUT2D eigenvalue weighted by molar-refractivity contribution is 0.100. The number of hydrogen-bond donors (Lipinski definition) is 1. The lowest BCUT2D eigenvalue weighted by Gasteiger charge is -2.02. The highest BCUT2D eigenvalue weighted by atomic mass is 35.5. The van der Waals surface area contributed by atoms with Crippen LogP contribution in [0.3, 0.4) is 0 Å². The number of nitrogens with two attached hydrogens (primary N) is 1. The first-order chi connectivity index (χ1) is 5.54. The van der Waals surface area contributed by atoms with Crippen molar-refractivity contribution < 1.29 is 4.79 Å². The van der Waals surface area contributed by atoms with E-state index in [1.165, 1.54) is 12.1 Å². The molecule has 0 saturated carbocycles. The quantitative estimate of drug-likeness (QED) is 0.732. The number of halogens is 3. The lowest BCUT2D eigenvalue weighted by atomic mass is 10.2. The Bertz CT molecular complexity index is 338. The van der Waals surface area contributed by atoms with Crippen molar-refractivity contribution >= 4 is 40.7 Å².